The lowest BCUT2D eigenvalue weighted by Crippen LogP contribution is -2.51. The van der Waals surface area contributed by atoms with E-state index in [2.05, 4.69) is 39.0 Å². The molecule has 2 aromatic rings. The quantitative estimate of drug-likeness (QED) is 0.491. The minimum absolute atomic E-state index is 0.0979. The van der Waals surface area contributed by atoms with E-state index in [4.69, 9.17) is 0 Å². The standard InChI is InChI=1S/C23H27N5O2.C2H6/c1-3-6-17(4-2)8-9-21(29)28-14-5-7-19(16-28)27-23(30)26-15-18-10-12-24-22-20(18)11-13-25-22;1-2/h4,6,10-13,19H,2-3,5,7,14-16H2,1H3,(H,24,25)(H2,26,27,30);1-2H3/b17-6+;. The molecule has 0 radical (unpaired) electrons. The summed E-state index contributed by atoms with van der Waals surface area (Å²) >= 11 is 0. The average molecular weight is 436 g/mol. The summed E-state index contributed by atoms with van der Waals surface area (Å²) in [5.74, 6) is 5.33. The van der Waals surface area contributed by atoms with Gasteiger partial charge in [-0.15, -0.1) is 0 Å². The number of allylic oxidation sites excluding steroid dienone is 3. The van der Waals surface area contributed by atoms with Gasteiger partial charge in [-0.05, 0) is 37.0 Å². The summed E-state index contributed by atoms with van der Waals surface area (Å²) in [5, 5.41) is 6.85. The highest BCUT2D eigenvalue weighted by atomic mass is 16.2. The summed E-state index contributed by atoms with van der Waals surface area (Å²) in [6.07, 6.45) is 9.62. The van der Waals surface area contributed by atoms with E-state index < -0.39 is 0 Å². The molecule has 1 saturated heterocycles. The second kappa shape index (κ2) is 13.0. The number of urea groups is 1. The third-order valence-electron chi connectivity index (χ3n) is 4.99. The summed E-state index contributed by atoms with van der Waals surface area (Å²) in [6, 6.07) is 3.48. The van der Waals surface area contributed by atoms with Crippen molar-refractivity contribution < 1.29 is 9.59 Å². The monoisotopic (exact) mass is 435 g/mol. The first-order valence-electron chi connectivity index (χ1n) is 11.2. The highest BCUT2D eigenvalue weighted by molar-refractivity contribution is 5.94. The number of nitrogens with one attached hydrogen (secondary N) is 3. The SMILES string of the molecule is C=C/C(C#CC(=O)N1CCCC(NC(=O)NCc2ccnc3[nH]ccc23)C1)=C\CC.CC. The molecule has 0 saturated carbocycles. The Morgan fingerprint density at radius 2 is 2.16 bits per heavy atom. The number of aromatic nitrogens is 2. The molecule has 170 valence electrons. The average Bonchev–Trinajstić information content (AvgIpc) is 3.31. The van der Waals surface area contributed by atoms with Gasteiger partial charge in [0.05, 0.1) is 0 Å². The van der Waals surface area contributed by atoms with Gasteiger partial charge in [0, 0.05) is 54.9 Å². The number of hydrogen-bond donors (Lipinski definition) is 3. The van der Waals surface area contributed by atoms with Crippen LogP contribution in [0.3, 0.4) is 0 Å². The molecule has 3 heterocycles. The van der Waals surface area contributed by atoms with E-state index in [-0.39, 0.29) is 18.0 Å². The molecule has 0 aliphatic carbocycles. The Morgan fingerprint density at radius 1 is 1.34 bits per heavy atom. The van der Waals surface area contributed by atoms with Gasteiger partial charge in [0.2, 0.25) is 0 Å². The van der Waals surface area contributed by atoms with Crippen molar-refractivity contribution in [2.45, 2.75) is 52.6 Å². The van der Waals surface area contributed by atoms with Crippen molar-refractivity contribution in [3.8, 4) is 11.8 Å². The molecule has 7 heteroatoms. The molecule has 0 aromatic carbocycles. The fourth-order valence-corrected chi connectivity index (χ4v) is 3.47. The molecule has 0 bridgehead atoms. The number of hydrogen-bond acceptors (Lipinski definition) is 3. The van der Waals surface area contributed by atoms with Gasteiger partial charge in [0.1, 0.15) is 5.65 Å². The van der Waals surface area contributed by atoms with E-state index in [0.717, 1.165) is 41.4 Å². The molecule has 1 atom stereocenters. The van der Waals surface area contributed by atoms with E-state index in [0.29, 0.717) is 19.6 Å². The van der Waals surface area contributed by atoms with Crippen LogP contribution in [-0.2, 0) is 11.3 Å². The smallest absolute Gasteiger partial charge is 0.315 e. The first-order valence-corrected chi connectivity index (χ1v) is 11.2. The Hall–Kier alpha value is -3.53. The Morgan fingerprint density at radius 3 is 2.91 bits per heavy atom. The van der Waals surface area contributed by atoms with Crippen molar-refractivity contribution in [3.63, 3.8) is 0 Å². The summed E-state index contributed by atoms with van der Waals surface area (Å²) in [5.41, 5.74) is 2.54. The molecule has 3 rings (SSSR count). The van der Waals surface area contributed by atoms with Gasteiger partial charge in [-0.1, -0.05) is 45.4 Å². The van der Waals surface area contributed by atoms with E-state index in [1.165, 1.54) is 0 Å². The number of nitrogens with zero attached hydrogens (tertiary/aromatic N) is 2. The van der Waals surface area contributed by atoms with Gasteiger partial charge in [0.15, 0.2) is 0 Å². The van der Waals surface area contributed by atoms with Gasteiger partial charge in [-0.3, -0.25) is 4.79 Å². The lowest BCUT2D eigenvalue weighted by molar-refractivity contribution is -0.126. The normalized spacial score (nSPS) is 15.7. The van der Waals surface area contributed by atoms with E-state index in [9.17, 15) is 9.59 Å². The molecule has 2 aromatic heterocycles. The first-order chi connectivity index (χ1) is 15.6. The fraction of sp³-hybridized carbons (Fsp3) is 0.400. The molecule has 32 heavy (non-hydrogen) atoms. The molecule has 7 nitrogen and oxygen atoms in total. The number of carbonyl (C=O) groups excluding carboxylic acids is 2. The summed E-state index contributed by atoms with van der Waals surface area (Å²) < 4.78 is 0. The molecule has 1 unspecified atom stereocenters. The third-order valence-corrected chi connectivity index (χ3v) is 4.99. The predicted molar refractivity (Wildman–Crippen MR) is 129 cm³/mol. The van der Waals surface area contributed by atoms with Crippen LogP contribution in [0.15, 0.2) is 48.8 Å². The van der Waals surface area contributed by atoms with Crippen LogP contribution in [0.5, 0.6) is 0 Å². The van der Waals surface area contributed by atoms with Crippen molar-refractivity contribution in [2.75, 3.05) is 13.1 Å². The number of rotatable bonds is 5. The maximum Gasteiger partial charge on any atom is 0.315 e. The van der Waals surface area contributed by atoms with Gasteiger partial charge in [-0.2, -0.15) is 0 Å². The Balaban J connectivity index is 0.00000176. The number of fused-ring (bicyclic) bond motifs is 1. The molecular formula is C25H33N5O2. The minimum atomic E-state index is -0.249. The lowest BCUT2D eigenvalue weighted by atomic mass is 10.1. The van der Waals surface area contributed by atoms with Crippen LogP contribution in [0.25, 0.3) is 11.0 Å². The second-order valence-electron chi connectivity index (χ2n) is 7.15. The molecule has 3 amide bonds. The molecule has 1 aliphatic heterocycles. The third kappa shape index (κ3) is 7.02. The van der Waals surface area contributed by atoms with Crippen LogP contribution in [0.1, 0.15) is 45.6 Å². The van der Waals surface area contributed by atoms with E-state index >= 15 is 0 Å². The number of likely N-dealkylation sites (tertiary alicyclic amines) is 1. The van der Waals surface area contributed by atoms with Crippen molar-refractivity contribution in [1.29, 1.82) is 0 Å². The van der Waals surface area contributed by atoms with Crippen molar-refractivity contribution >= 4 is 23.0 Å². The highest BCUT2D eigenvalue weighted by Gasteiger charge is 2.24. The number of pyridine rings is 1. The van der Waals surface area contributed by atoms with Gasteiger partial charge < -0.3 is 20.5 Å². The molecular weight excluding hydrogens is 402 g/mol. The topological polar surface area (TPSA) is 90.1 Å². The van der Waals surface area contributed by atoms with Crippen LogP contribution >= 0.6 is 0 Å². The zero-order chi connectivity index (χ0) is 23.3. The van der Waals surface area contributed by atoms with Crippen LogP contribution in [0.4, 0.5) is 4.79 Å². The van der Waals surface area contributed by atoms with Crippen molar-refractivity contribution in [2.24, 2.45) is 0 Å². The van der Waals surface area contributed by atoms with Crippen LogP contribution in [0.2, 0.25) is 0 Å². The minimum Gasteiger partial charge on any atom is -0.346 e. The molecule has 3 N–H and O–H groups in total. The van der Waals surface area contributed by atoms with Crippen LogP contribution in [0, 0.1) is 11.8 Å². The number of amides is 3. The predicted octanol–water partition coefficient (Wildman–Crippen LogP) is 3.91. The molecule has 1 fully saturated rings. The Kier molecular flexibility index (Phi) is 10.1. The van der Waals surface area contributed by atoms with E-state index in [1.807, 2.05) is 45.2 Å². The number of H-pyrrole nitrogens is 1. The maximum absolute atomic E-state index is 12.4. The number of carbonyl (C=O) groups is 2. The second-order valence-corrected chi connectivity index (χ2v) is 7.15. The number of piperidine rings is 1. The van der Waals surface area contributed by atoms with Crippen molar-refractivity contribution in [1.82, 2.24) is 25.5 Å². The Bertz CT molecular complexity index is 1010. The van der Waals surface area contributed by atoms with Gasteiger partial charge in [-0.25, -0.2) is 9.78 Å². The zero-order valence-electron chi connectivity index (χ0n) is 19.2. The maximum atomic E-state index is 12.4. The fourth-order valence-electron chi connectivity index (χ4n) is 3.47. The lowest BCUT2D eigenvalue weighted by Gasteiger charge is -2.31. The van der Waals surface area contributed by atoms with Crippen molar-refractivity contribution in [3.05, 3.63) is 54.4 Å². The number of aromatic amines is 1. The highest BCUT2D eigenvalue weighted by Crippen LogP contribution is 2.15. The molecule has 1 aliphatic rings. The van der Waals surface area contributed by atoms with Gasteiger partial charge in [0.25, 0.3) is 5.91 Å². The first kappa shape index (κ1) is 24.7. The van der Waals surface area contributed by atoms with E-state index in [1.54, 1.807) is 17.2 Å². The summed E-state index contributed by atoms with van der Waals surface area (Å²) in [4.78, 5) is 33.8. The zero-order valence-corrected chi connectivity index (χ0v) is 19.2. The van der Waals surface area contributed by atoms with Gasteiger partial charge >= 0.3 is 6.03 Å². The Labute approximate surface area is 190 Å². The largest absolute Gasteiger partial charge is 0.346 e. The summed E-state index contributed by atoms with van der Waals surface area (Å²) in [6.45, 7) is 11.2. The molecule has 0 spiro atoms. The van der Waals surface area contributed by atoms with Crippen LogP contribution in [-0.4, -0.2) is 45.9 Å². The van der Waals surface area contributed by atoms with Crippen LogP contribution < -0.4 is 10.6 Å². The summed E-state index contributed by atoms with van der Waals surface area (Å²) in [7, 11) is 0.